The van der Waals surface area contributed by atoms with Gasteiger partial charge in [-0.05, 0) is 37.3 Å². The van der Waals surface area contributed by atoms with Gasteiger partial charge >= 0.3 is 0 Å². The number of hydrogen-bond donors (Lipinski definition) is 2. The fourth-order valence-electron chi connectivity index (χ4n) is 3.95. The van der Waals surface area contributed by atoms with Crippen molar-refractivity contribution in [2.45, 2.75) is 32.8 Å². The molecule has 1 amide bonds. The molecule has 1 fully saturated rings. The number of H-pyrrole nitrogens is 1. The zero-order valence-electron chi connectivity index (χ0n) is 18.4. The van der Waals surface area contributed by atoms with E-state index in [1.54, 1.807) is 6.07 Å². The van der Waals surface area contributed by atoms with E-state index in [2.05, 4.69) is 20.4 Å². The third-order valence-electron chi connectivity index (χ3n) is 6.04. The summed E-state index contributed by atoms with van der Waals surface area (Å²) >= 11 is 0. The number of ether oxygens (including phenoxy) is 1. The first kappa shape index (κ1) is 20.9. The van der Waals surface area contributed by atoms with Crippen molar-refractivity contribution in [2.75, 3.05) is 6.54 Å². The second-order valence-corrected chi connectivity index (χ2v) is 8.40. The van der Waals surface area contributed by atoms with Gasteiger partial charge in [-0.1, -0.05) is 48.9 Å². The maximum Gasteiger partial charge on any atom is 0.274 e. The van der Waals surface area contributed by atoms with Gasteiger partial charge in [0.25, 0.3) is 17.2 Å². The van der Waals surface area contributed by atoms with E-state index in [9.17, 15) is 9.59 Å². The summed E-state index contributed by atoms with van der Waals surface area (Å²) in [6.07, 6.45) is 3.57. The zero-order valence-corrected chi connectivity index (χ0v) is 18.4. The van der Waals surface area contributed by atoms with Crippen LogP contribution in [0.4, 0.5) is 0 Å². The first-order chi connectivity index (χ1) is 16.1. The number of aromatic amines is 1. The molecule has 0 saturated heterocycles. The molecule has 0 spiro atoms. The van der Waals surface area contributed by atoms with Gasteiger partial charge in [0.15, 0.2) is 5.82 Å². The minimum Gasteiger partial charge on any atom is -0.486 e. The van der Waals surface area contributed by atoms with E-state index >= 15 is 0 Å². The standard InChI is InChI=1S/C25H25N5O3/c1-16-7-5-12-20(22(16)24(32)26-14-17-8-6-9-17)33-15-19-13-21(31)30-25(27-19)28-23(29-30)18-10-3-2-4-11-18/h2-5,7,10-13,17H,6,8-9,14-15H2,1H3,(H,26,32)(H,27,28,29). The van der Waals surface area contributed by atoms with E-state index in [0.29, 0.717) is 35.3 Å². The lowest BCUT2D eigenvalue weighted by Crippen LogP contribution is -2.32. The molecule has 2 aromatic carbocycles. The summed E-state index contributed by atoms with van der Waals surface area (Å²) in [4.78, 5) is 34.4. The van der Waals surface area contributed by atoms with Crippen molar-refractivity contribution in [3.63, 3.8) is 0 Å². The van der Waals surface area contributed by atoms with E-state index in [-0.39, 0.29) is 23.9 Å². The molecular weight excluding hydrogens is 418 g/mol. The molecule has 0 aliphatic heterocycles. The second kappa shape index (κ2) is 8.90. The molecule has 2 heterocycles. The lowest BCUT2D eigenvalue weighted by atomic mass is 9.85. The highest BCUT2D eigenvalue weighted by molar-refractivity contribution is 5.98. The highest BCUT2D eigenvalue weighted by Gasteiger charge is 2.21. The van der Waals surface area contributed by atoms with E-state index in [1.165, 1.54) is 29.8 Å². The van der Waals surface area contributed by atoms with E-state index in [4.69, 9.17) is 4.74 Å². The Morgan fingerprint density at radius 3 is 2.73 bits per heavy atom. The second-order valence-electron chi connectivity index (χ2n) is 8.40. The van der Waals surface area contributed by atoms with Crippen LogP contribution in [0.3, 0.4) is 0 Å². The Labute approximate surface area is 190 Å². The summed E-state index contributed by atoms with van der Waals surface area (Å²) in [6.45, 7) is 2.62. The van der Waals surface area contributed by atoms with Crippen LogP contribution in [-0.4, -0.2) is 32.0 Å². The average molecular weight is 444 g/mol. The molecule has 4 aromatic rings. The van der Waals surface area contributed by atoms with Crippen LogP contribution in [-0.2, 0) is 6.61 Å². The molecule has 1 saturated carbocycles. The molecule has 2 aromatic heterocycles. The lowest BCUT2D eigenvalue weighted by Gasteiger charge is -2.25. The predicted molar refractivity (Wildman–Crippen MR) is 124 cm³/mol. The largest absolute Gasteiger partial charge is 0.486 e. The molecule has 0 radical (unpaired) electrons. The van der Waals surface area contributed by atoms with Gasteiger partial charge in [-0.2, -0.15) is 9.50 Å². The molecule has 5 rings (SSSR count). The van der Waals surface area contributed by atoms with E-state index in [0.717, 1.165) is 11.1 Å². The number of carbonyl (C=O) groups excluding carboxylic acids is 1. The van der Waals surface area contributed by atoms with Gasteiger partial charge in [-0.15, -0.1) is 0 Å². The Balaban J connectivity index is 1.36. The van der Waals surface area contributed by atoms with Gasteiger partial charge in [0.05, 0.1) is 11.3 Å². The van der Waals surface area contributed by atoms with Crippen LogP contribution in [0.25, 0.3) is 17.2 Å². The first-order valence-electron chi connectivity index (χ1n) is 11.1. The number of benzene rings is 2. The quantitative estimate of drug-likeness (QED) is 0.455. The van der Waals surface area contributed by atoms with Gasteiger partial charge in [-0.25, -0.2) is 4.98 Å². The minimum atomic E-state index is -0.281. The van der Waals surface area contributed by atoms with Crippen molar-refractivity contribution >= 4 is 11.7 Å². The number of nitrogens with one attached hydrogen (secondary N) is 2. The van der Waals surface area contributed by atoms with Crippen molar-refractivity contribution in [3.05, 3.63) is 81.8 Å². The van der Waals surface area contributed by atoms with Crippen molar-refractivity contribution < 1.29 is 9.53 Å². The number of fused-ring (bicyclic) bond motifs is 1. The summed E-state index contributed by atoms with van der Waals surface area (Å²) in [5.74, 6) is 1.72. The van der Waals surface area contributed by atoms with Crippen molar-refractivity contribution in [3.8, 4) is 17.1 Å². The molecule has 8 heteroatoms. The summed E-state index contributed by atoms with van der Waals surface area (Å²) in [7, 11) is 0. The predicted octanol–water partition coefficient (Wildman–Crippen LogP) is 3.50. The average Bonchev–Trinajstić information content (AvgIpc) is 3.22. The van der Waals surface area contributed by atoms with Crippen molar-refractivity contribution in [2.24, 2.45) is 5.92 Å². The van der Waals surface area contributed by atoms with Gasteiger partial charge in [-0.3, -0.25) is 14.7 Å². The monoisotopic (exact) mass is 443 g/mol. The molecule has 168 valence electrons. The van der Waals surface area contributed by atoms with Crippen LogP contribution in [0.2, 0.25) is 0 Å². The number of rotatable bonds is 7. The Kier molecular flexibility index (Phi) is 5.64. The molecule has 1 aliphatic carbocycles. The Morgan fingerprint density at radius 1 is 1.15 bits per heavy atom. The smallest absolute Gasteiger partial charge is 0.274 e. The summed E-state index contributed by atoms with van der Waals surface area (Å²) in [5.41, 5.74) is 2.37. The highest BCUT2D eigenvalue weighted by Crippen LogP contribution is 2.26. The van der Waals surface area contributed by atoms with E-state index < -0.39 is 0 Å². The molecular formula is C25H25N5O3. The fraction of sp³-hybridized carbons (Fsp3) is 0.280. The van der Waals surface area contributed by atoms with Crippen LogP contribution in [0.15, 0.2) is 59.4 Å². The summed E-state index contributed by atoms with van der Waals surface area (Å²) in [6, 6.07) is 16.4. The van der Waals surface area contributed by atoms with Crippen molar-refractivity contribution in [1.29, 1.82) is 0 Å². The maximum atomic E-state index is 12.8. The third kappa shape index (κ3) is 4.37. The van der Waals surface area contributed by atoms with Crippen molar-refractivity contribution in [1.82, 2.24) is 24.9 Å². The molecule has 2 N–H and O–H groups in total. The number of carbonyl (C=O) groups is 1. The topological polar surface area (TPSA) is 101 Å². The molecule has 0 bridgehead atoms. The Bertz CT molecular complexity index is 1360. The Hall–Kier alpha value is -3.94. The van der Waals surface area contributed by atoms with Gasteiger partial charge < -0.3 is 10.1 Å². The molecule has 8 nitrogen and oxygen atoms in total. The number of aromatic nitrogens is 4. The number of hydrogen-bond acceptors (Lipinski definition) is 5. The van der Waals surface area contributed by atoms with Crippen LogP contribution in [0.5, 0.6) is 5.75 Å². The van der Waals surface area contributed by atoms with Gasteiger partial charge in [0.1, 0.15) is 12.4 Å². The Morgan fingerprint density at radius 2 is 1.97 bits per heavy atom. The van der Waals surface area contributed by atoms with Crippen LogP contribution in [0.1, 0.15) is 40.9 Å². The van der Waals surface area contributed by atoms with Crippen LogP contribution in [0, 0.1) is 12.8 Å². The van der Waals surface area contributed by atoms with Gasteiger partial charge in [0, 0.05) is 18.2 Å². The number of amides is 1. The van der Waals surface area contributed by atoms with E-state index in [1.807, 2.05) is 49.4 Å². The molecule has 1 aliphatic rings. The maximum absolute atomic E-state index is 12.8. The lowest BCUT2D eigenvalue weighted by molar-refractivity contribution is 0.0933. The van der Waals surface area contributed by atoms with Gasteiger partial charge in [0.2, 0.25) is 0 Å². The molecule has 33 heavy (non-hydrogen) atoms. The minimum absolute atomic E-state index is 0.0473. The normalized spacial score (nSPS) is 13.6. The first-order valence-corrected chi connectivity index (χ1v) is 11.1. The highest BCUT2D eigenvalue weighted by atomic mass is 16.5. The molecule has 0 unspecified atom stereocenters. The molecule has 0 atom stereocenters. The number of aryl methyl sites for hydroxylation is 1. The zero-order chi connectivity index (χ0) is 22.8. The van der Waals surface area contributed by atoms with Crippen LogP contribution < -0.4 is 15.6 Å². The summed E-state index contributed by atoms with van der Waals surface area (Å²) in [5, 5.41) is 6.01. The SMILES string of the molecule is Cc1cccc(OCc2cc(=O)n3[nH]c(-c4ccccc4)nc3n2)c1C(=O)NCC1CCC1. The third-order valence-corrected chi connectivity index (χ3v) is 6.04. The number of nitrogens with zero attached hydrogens (tertiary/aromatic N) is 3. The summed E-state index contributed by atoms with van der Waals surface area (Å²) < 4.78 is 7.26. The fourth-order valence-corrected chi connectivity index (χ4v) is 3.95. The van der Waals surface area contributed by atoms with Crippen LogP contribution >= 0.6 is 0 Å².